The maximum Gasteiger partial charge on any atom is 0.161 e. The zero-order valence-electron chi connectivity index (χ0n) is 15.0. The van der Waals surface area contributed by atoms with Crippen LogP contribution in [0.4, 0.5) is 0 Å². The molecule has 0 amide bonds. The highest BCUT2D eigenvalue weighted by atomic mass is 16.3. The number of aliphatic hydroxyl groups excluding tert-OH is 1. The summed E-state index contributed by atoms with van der Waals surface area (Å²) in [7, 11) is 0. The van der Waals surface area contributed by atoms with Crippen LogP contribution in [0, 0.1) is 34.5 Å². The van der Waals surface area contributed by atoms with Crippen molar-refractivity contribution in [3.8, 4) is 0 Å². The van der Waals surface area contributed by atoms with E-state index in [2.05, 4.69) is 26.8 Å². The van der Waals surface area contributed by atoms with Crippen LogP contribution in [-0.2, 0) is 4.79 Å². The largest absolute Gasteiger partial charge is 0.385 e. The van der Waals surface area contributed by atoms with Gasteiger partial charge in [0.15, 0.2) is 5.78 Å². The van der Waals surface area contributed by atoms with E-state index in [1.165, 1.54) is 38.5 Å². The number of hydrogen-bond donors (Lipinski definition) is 1. The Hall–Kier alpha value is -0.630. The minimum absolute atomic E-state index is 0.101. The van der Waals surface area contributed by atoms with Gasteiger partial charge in [0.1, 0.15) is 6.10 Å². The van der Waals surface area contributed by atoms with Crippen LogP contribution in [0.15, 0.2) is 11.6 Å². The molecule has 0 aliphatic heterocycles. The molecule has 0 spiro atoms. The maximum atomic E-state index is 12.0. The predicted octanol–water partition coefficient (Wildman–Crippen LogP) is 4.52. The molecule has 1 N–H and O–H groups in total. The Morgan fingerprint density at radius 2 is 1.91 bits per heavy atom. The summed E-state index contributed by atoms with van der Waals surface area (Å²) in [6, 6.07) is 0. The fourth-order valence-corrected chi connectivity index (χ4v) is 7.42. The first kappa shape index (κ1) is 15.9. The lowest BCUT2D eigenvalue weighted by atomic mass is 9.45. The van der Waals surface area contributed by atoms with Crippen LogP contribution in [0.2, 0.25) is 0 Å². The molecule has 0 heterocycles. The Kier molecular flexibility index (Phi) is 3.58. The Balaban J connectivity index is 1.66. The van der Waals surface area contributed by atoms with Crippen molar-refractivity contribution in [3.05, 3.63) is 11.6 Å². The zero-order chi connectivity index (χ0) is 16.4. The molecular formula is C21H32O2. The molecule has 2 nitrogen and oxygen atoms in total. The lowest BCUT2D eigenvalue weighted by Crippen LogP contribution is -2.55. The van der Waals surface area contributed by atoms with Crippen molar-refractivity contribution in [2.24, 2.45) is 34.5 Å². The number of rotatable bonds is 0. The van der Waals surface area contributed by atoms with Crippen molar-refractivity contribution in [1.29, 1.82) is 0 Å². The summed E-state index contributed by atoms with van der Waals surface area (Å²) >= 11 is 0. The maximum absolute atomic E-state index is 12.0. The number of carbonyl (C=O) groups is 1. The molecule has 7 atom stereocenters. The van der Waals surface area contributed by atoms with Gasteiger partial charge in [0.2, 0.25) is 0 Å². The quantitative estimate of drug-likeness (QED) is 0.667. The van der Waals surface area contributed by atoms with E-state index >= 15 is 0 Å². The minimum atomic E-state index is -0.696. The molecule has 2 unspecified atom stereocenters. The predicted molar refractivity (Wildman–Crippen MR) is 91.9 cm³/mol. The van der Waals surface area contributed by atoms with Gasteiger partial charge in [0.25, 0.3) is 0 Å². The lowest BCUT2D eigenvalue weighted by molar-refractivity contribution is -0.152. The Morgan fingerprint density at radius 1 is 1.13 bits per heavy atom. The highest BCUT2D eigenvalue weighted by Crippen LogP contribution is 2.67. The number of allylic oxidation sites excluding steroid dienone is 2. The zero-order valence-corrected chi connectivity index (χ0v) is 15.0. The van der Waals surface area contributed by atoms with Crippen molar-refractivity contribution in [2.45, 2.75) is 78.2 Å². The molecule has 128 valence electrons. The molecule has 0 aromatic heterocycles. The van der Waals surface area contributed by atoms with Gasteiger partial charge in [-0.3, -0.25) is 4.79 Å². The van der Waals surface area contributed by atoms with Crippen LogP contribution in [0.25, 0.3) is 0 Å². The van der Waals surface area contributed by atoms with Gasteiger partial charge in [-0.05, 0) is 86.4 Å². The van der Waals surface area contributed by atoms with E-state index in [1.807, 2.05) is 0 Å². The SMILES string of the molecule is CC=C1CC[C@H]2[C@@H]3CCC4CC(=O)C(O)C[C@]4(C)[C@H]3CC[C@]12C. The fourth-order valence-electron chi connectivity index (χ4n) is 7.42. The Bertz CT molecular complexity index is 550. The third-order valence-corrected chi connectivity index (χ3v) is 8.71. The number of hydrogen-bond acceptors (Lipinski definition) is 2. The number of carbonyl (C=O) groups excluding carboxylic acids is 1. The van der Waals surface area contributed by atoms with Crippen LogP contribution in [0.3, 0.4) is 0 Å². The number of fused-ring (bicyclic) bond motifs is 5. The molecule has 0 radical (unpaired) electrons. The lowest BCUT2D eigenvalue weighted by Gasteiger charge is -2.60. The first-order chi connectivity index (χ1) is 10.9. The molecule has 4 aliphatic rings. The van der Waals surface area contributed by atoms with E-state index in [-0.39, 0.29) is 11.2 Å². The number of aliphatic hydroxyl groups is 1. The smallest absolute Gasteiger partial charge is 0.161 e. The molecule has 0 saturated heterocycles. The third kappa shape index (κ3) is 2.06. The van der Waals surface area contributed by atoms with Crippen LogP contribution in [0.1, 0.15) is 72.1 Å². The first-order valence-electron chi connectivity index (χ1n) is 9.76. The van der Waals surface area contributed by atoms with E-state index in [4.69, 9.17) is 0 Å². The summed E-state index contributed by atoms with van der Waals surface area (Å²) in [5.74, 6) is 2.99. The fraction of sp³-hybridized carbons (Fsp3) is 0.857. The molecule has 0 aromatic rings. The van der Waals surface area contributed by atoms with E-state index < -0.39 is 6.10 Å². The Labute approximate surface area is 140 Å². The summed E-state index contributed by atoms with van der Waals surface area (Å²) in [5, 5.41) is 10.2. The van der Waals surface area contributed by atoms with Gasteiger partial charge in [-0.15, -0.1) is 0 Å². The van der Waals surface area contributed by atoms with Gasteiger partial charge in [-0.2, -0.15) is 0 Å². The van der Waals surface area contributed by atoms with E-state index in [1.54, 1.807) is 5.57 Å². The molecule has 23 heavy (non-hydrogen) atoms. The van der Waals surface area contributed by atoms with Crippen LogP contribution >= 0.6 is 0 Å². The summed E-state index contributed by atoms with van der Waals surface area (Å²) in [5.41, 5.74) is 2.32. The third-order valence-electron chi connectivity index (χ3n) is 8.71. The minimum Gasteiger partial charge on any atom is -0.385 e. The molecule has 2 heteroatoms. The van der Waals surface area contributed by atoms with Gasteiger partial charge >= 0.3 is 0 Å². The molecular weight excluding hydrogens is 284 g/mol. The second-order valence-corrected chi connectivity index (χ2v) is 9.36. The Morgan fingerprint density at radius 3 is 2.65 bits per heavy atom. The van der Waals surface area contributed by atoms with Gasteiger partial charge < -0.3 is 5.11 Å². The second kappa shape index (κ2) is 5.18. The van der Waals surface area contributed by atoms with Crippen LogP contribution in [0.5, 0.6) is 0 Å². The van der Waals surface area contributed by atoms with E-state index in [0.717, 1.165) is 24.2 Å². The van der Waals surface area contributed by atoms with Gasteiger partial charge in [-0.25, -0.2) is 0 Å². The molecule has 4 aliphatic carbocycles. The van der Waals surface area contributed by atoms with Crippen molar-refractivity contribution in [3.63, 3.8) is 0 Å². The number of ketones is 1. The normalized spacial score (nSPS) is 54.5. The summed E-state index contributed by atoms with van der Waals surface area (Å²) < 4.78 is 0. The summed E-state index contributed by atoms with van der Waals surface area (Å²) in [6.45, 7) is 7.14. The van der Waals surface area contributed by atoms with Crippen molar-refractivity contribution in [1.82, 2.24) is 0 Å². The highest BCUT2D eigenvalue weighted by Gasteiger charge is 2.59. The summed E-state index contributed by atoms with van der Waals surface area (Å²) in [6.07, 6.45) is 10.8. The average Bonchev–Trinajstić information content (AvgIpc) is 2.85. The van der Waals surface area contributed by atoms with Crippen molar-refractivity contribution < 1.29 is 9.90 Å². The van der Waals surface area contributed by atoms with Crippen molar-refractivity contribution >= 4 is 5.78 Å². The van der Waals surface area contributed by atoms with Gasteiger partial charge in [0.05, 0.1) is 0 Å². The number of Topliss-reactive ketones (excluding diaryl/α,β-unsaturated/α-hetero) is 1. The van der Waals surface area contributed by atoms with Gasteiger partial charge in [-0.1, -0.05) is 25.5 Å². The molecule has 4 fully saturated rings. The first-order valence-corrected chi connectivity index (χ1v) is 9.76. The standard InChI is InChI=1S/C21H32O2/c1-4-13-6-8-16-15-7-5-14-11-18(22)19(23)12-21(14,3)17(15)9-10-20(13,16)2/h4,14-17,19,23H,5-12H2,1-3H3/t14?,15-,16-,17-,19?,20+,21-/m0/s1. The molecule has 4 rings (SSSR count). The van der Waals surface area contributed by atoms with E-state index in [0.29, 0.717) is 17.8 Å². The molecule has 0 aromatic carbocycles. The molecule has 4 saturated carbocycles. The van der Waals surface area contributed by atoms with Crippen LogP contribution in [-0.4, -0.2) is 17.0 Å². The van der Waals surface area contributed by atoms with Crippen LogP contribution < -0.4 is 0 Å². The second-order valence-electron chi connectivity index (χ2n) is 9.36. The topological polar surface area (TPSA) is 37.3 Å². The molecule has 0 bridgehead atoms. The van der Waals surface area contributed by atoms with Gasteiger partial charge in [0, 0.05) is 6.42 Å². The van der Waals surface area contributed by atoms with Crippen molar-refractivity contribution in [2.75, 3.05) is 0 Å². The van der Waals surface area contributed by atoms with E-state index in [9.17, 15) is 9.90 Å². The summed E-state index contributed by atoms with van der Waals surface area (Å²) in [4.78, 5) is 12.0. The average molecular weight is 316 g/mol. The monoisotopic (exact) mass is 316 g/mol. The highest BCUT2D eigenvalue weighted by molar-refractivity contribution is 5.84.